The van der Waals surface area contributed by atoms with E-state index >= 15 is 0 Å². The summed E-state index contributed by atoms with van der Waals surface area (Å²) in [6, 6.07) is 0. The Labute approximate surface area is 63.3 Å². The maximum Gasteiger partial charge on any atom is 0.276 e. The lowest BCUT2D eigenvalue weighted by molar-refractivity contribution is -0.118. The maximum atomic E-state index is 10.1. The second-order valence-corrected chi connectivity index (χ2v) is 2.84. The van der Waals surface area contributed by atoms with Gasteiger partial charge in [-0.15, -0.1) is 0 Å². The van der Waals surface area contributed by atoms with Crippen LogP contribution in [0.3, 0.4) is 0 Å². The Morgan fingerprint density at radius 3 is 2.30 bits per heavy atom. The second kappa shape index (κ2) is 5.10. The molecule has 58 valence electrons. The molecule has 0 rings (SSSR count). The van der Waals surface area contributed by atoms with Crippen LogP contribution in [0.15, 0.2) is 0 Å². The van der Waals surface area contributed by atoms with Crippen LogP contribution in [0, 0.1) is 0 Å². The maximum absolute atomic E-state index is 10.1. The van der Waals surface area contributed by atoms with Crippen LogP contribution in [0.1, 0.15) is 12.8 Å². The lowest BCUT2D eigenvalue weighted by Gasteiger charge is -1.93. The molecule has 0 spiro atoms. The van der Waals surface area contributed by atoms with Crippen molar-refractivity contribution in [1.82, 2.24) is 0 Å². The predicted molar refractivity (Wildman–Crippen MR) is 40.5 cm³/mol. The van der Waals surface area contributed by atoms with E-state index in [1.165, 1.54) is 0 Å². The third-order valence-electron chi connectivity index (χ3n) is 0.812. The van der Waals surface area contributed by atoms with Gasteiger partial charge in [-0.2, -0.15) is 0 Å². The molecule has 0 aromatic heterocycles. The first-order chi connectivity index (χ1) is 4.63. The molecule has 10 heavy (non-hydrogen) atoms. The van der Waals surface area contributed by atoms with Crippen LogP contribution >= 0.6 is 11.8 Å². The zero-order valence-corrected chi connectivity index (χ0v) is 6.32. The summed E-state index contributed by atoms with van der Waals surface area (Å²) >= 11 is 1.00. The van der Waals surface area contributed by atoms with E-state index in [1.807, 2.05) is 0 Å². The van der Waals surface area contributed by atoms with Crippen molar-refractivity contribution in [1.29, 1.82) is 0 Å². The molecular formula is C5H10N2O2S. The fourth-order valence-corrected chi connectivity index (χ4v) is 0.909. The number of carbonyl (C=O) groups excluding carboxylic acids is 2. The van der Waals surface area contributed by atoms with Gasteiger partial charge in [-0.1, -0.05) is 11.8 Å². The minimum atomic E-state index is -0.413. The van der Waals surface area contributed by atoms with E-state index in [0.29, 0.717) is 18.6 Å². The van der Waals surface area contributed by atoms with Crippen LogP contribution in [-0.4, -0.2) is 16.9 Å². The number of nitrogens with two attached hydrogens (primary N) is 2. The molecule has 4 N–H and O–H groups in total. The standard InChI is InChI=1S/C5H10N2O2S/c6-4(8)2-1-3-10-5(7)9/h1-3H2,(H2,6,8)(H2,7,9). The number of carbonyl (C=O) groups is 2. The Bertz CT molecular complexity index is 122. The largest absolute Gasteiger partial charge is 0.370 e. The molecule has 5 heteroatoms. The Morgan fingerprint density at radius 1 is 1.30 bits per heavy atom. The SMILES string of the molecule is NC(=O)CCCSC(N)=O. The first-order valence-corrected chi connectivity index (χ1v) is 3.82. The van der Waals surface area contributed by atoms with Crippen molar-refractivity contribution in [2.24, 2.45) is 11.5 Å². The molecule has 0 saturated heterocycles. The average Bonchev–Trinajstić information content (AvgIpc) is 1.79. The minimum absolute atomic E-state index is 0.320. The third-order valence-corrected chi connectivity index (χ3v) is 1.59. The Morgan fingerprint density at radius 2 is 1.90 bits per heavy atom. The summed E-state index contributed by atoms with van der Waals surface area (Å²) in [5.41, 5.74) is 9.66. The van der Waals surface area contributed by atoms with Gasteiger partial charge in [0.05, 0.1) is 0 Å². The van der Waals surface area contributed by atoms with Gasteiger partial charge in [-0.05, 0) is 6.42 Å². The molecule has 0 aliphatic rings. The number of amides is 2. The van der Waals surface area contributed by atoms with Gasteiger partial charge in [-0.25, -0.2) is 0 Å². The summed E-state index contributed by atoms with van der Waals surface area (Å²) in [7, 11) is 0. The molecule has 0 aliphatic heterocycles. The minimum Gasteiger partial charge on any atom is -0.370 e. The van der Waals surface area contributed by atoms with Gasteiger partial charge in [0, 0.05) is 12.2 Å². The van der Waals surface area contributed by atoms with E-state index in [-0.39, 0.29) is 5.91 Å². The van der Waals surface area contributed by atoms with E-state index in [0.717, 1.165) is 11.8 Å². The van der Waals surface area contributed by atoms with E-state index in [1.54, 1.807) is 0 Å². The van der Waals surface area contributed by atoms with Gasteiger partial charge in [0.15, 0.2) is 0 Å². The van der Waals surface area contributed by atoms with Crippen LogP contribution in [0.5, 0.6) is 0 Å². The number of rotatable bonds is 4. The van der Waals surface area contributed by atoms with Crippen molar-refractivity contribution in [2.75, 3.05) is 5.75 Å². The predicted octanol–water partition coefficient (Wildman–Crippen LogP) is 0.0638. The molecule has 0 aliphatic carbocycles. The van der Waals surface area contributed by atoms with Gasteiger partial charge in [0.25, 0.3) is 5.24 Å². The van der Waals surface area contributed by atoms with Crippen molar-refractivity contribution in [3.63, 3.8) is 0 Å². The highest BCUT2D eigenvalue weighted by molar-refractivity contribution is 8.13. The zero-order chi connectivity index (χ0) is 7.98. The number of hydrogen-bond donors (Lipinski definition) is 2. The van der Waals surface area contributed by atoms with Gasteiger partial charge in [0.1, 0.15) is 0 Å². The number of primary amides is 2. The molecule has 4 nitrogen and oxygen atoms in total. The highest BCUT2D eigenvalue weighted by Gasteiger charge is 1.96. The summed E-state index contributed by atoms with van der Waals surface area (Å²) in [6.07, 6.45) is 0.934. The summed E-state index contributed by atoms with van der Waals surface area (Å²) in [5, 5.41) is -0.413. The Hall–Kier alpha value is -0.710. The normalized spacial score (nSPS) is 9.20. The lowest BCUT2D eigenvalue weighted by Crippen LogP contribution is -2.11. The van der Waals surface area contributed by atoms with Crippen LogP contribution in [0.4, 0.5) is 4.79 Å². The lowest BCUT2D eigenvalue weighted by atomic mass is 10.3. The van der Waals surface area contributed by atoms with Crippen LogP contribution in [0.25, 0.3) is 0 Å². The molecule has 0 atom stereocenters. The fourth-order valence-electron chi connectivity index (χ4n) is 0.419. The van der Waals surface area contributed by atoms with Crippen molar-refractivity contribution in [2.45, 2.75) is 12.8 Å². The summed E-state index contributed by atoms with van der Waals surface area (Å²) < 4.78 is 0. The Balaban J connectivity index is 3.06. The zero-order valence-electron chi connectivity index (χ0n) is 5.50. The third kappa shape index (κ3) is 7.29. The summed E-state index contributed by atoms with van der Waals surface area (Å²) in [4.78, 5) is 20.3. The van der Waals surface area contributed by atoms with Crippen molar-refractivity contribution in [3.05, 3.63) is 0 Å². The van der Waals surface area contributed by atoms with Gasteiger partial charge in [-0.3, -0.25) is 9.59 Å². The van der Waals surface area contributed by atoms with Crippen LogP contribution in [-0.2, 0) is 4.79 Å². The first kappa shape index (κ1) is 9.29. The fraction of sp³-hybridized carbons (Fsp3) is 0.600. The van der Waals surface area contributed by atoms with Crippen LogP contribution in [0.2, 0.25) is 0 Å². The highest BCUT2D eigenvalue weighted by Crippen LogP contribution is 2.02. The quantitative estimate of drug-likeness (QED) is 0.573. The van der Waals surface area contributed by atoms with E-state index in [2.05, 4.69) is 0 Å². The first-order valence-electron chi connectivity index (χ1n) is 2.83. The van der Waals surface area contributed by atoms with Crippen LogP contribution < -0.4 is 11.5 Å². The number of hydrogen-bond acceptors (Lipinski definition) is 3. The van der Waals surface area contributed by atoms with Crippen molar-refractivity contribution in [3.8, 4) is 0 Å². The molecule has 0 heterocycles. The van der Waals surface area contributed by atoms with E-state index in [4.69, 9.17) is 11.5 Å². The van der Waals surface area contributed by atoms with Crippen molar-refractivity contribution < 1.29 is 9.59 Å². The van der Waals surface area contributed by atoms with Gasteiger partial charge >= 0.3 is 0 Å². The molecule has 0 bridgehead atoms. The molecule has 0 radical (unpaired) electrons. The topological polar surface area (TPSA) is 86.2 Å². The highest BCUT2D eigenvalue weighted by atomic mass is 32.2. The second-order valence-electron chi connectivity index (χ2n) is 1.74. The molecule has 0 saturated carbocycles. The molecule has 0 aromatic rings. The molecular weight excluding hydrogens is 152 g/mol. The summed E-state index contributed by atoms with van der Waals surface area (Å²) in [6.45, 7) is 0. The van der Waals surface area contributed by atoms with Gasteiger partial charge in [0.2, 0.25) is 5.91 Å². The molecule has 0 aromatic carbocycles. The monoisotopic (exact) mass is 162 g/mol. The summed E-state index contributed by atoms with van der Waals surface area (Å²) in [5.74, 6) is 0.225. The van der Waals surface area contributed by atoms with Gasteiger partial charge < -0.3 is 11.5 Å². The average molecular weight is 162 g/mol. The Kier molecular flexibility index (Phi) is 4.74. The number of thioether (sulfide) groups is 1. The molecule has 2 amide bonds. The van der Waals surface area contributed by atoms with E-state index in [9.17, 15) is 9.59 Å². The smallest absolute Gasteiger partial charge is 0.276 e. The molecule has 0 unspecified atom stereocenters. The van der Waals surface area contributed by atoms with E-state index < -0.39 is 5.24 Å². The van der Waals surface area contributed by atoms with Crippen molar-refractivity contribution >= 4 is 22.9 Å². The molecule has 0 fully saturated rings.